The van der Waals surface area contributed by atoms with Gasteiger partial charge in [0.25, 0.3) is 5.95 Å². The summed E-state index contributed by atoms with van der Waals surface area (Å²) in [7, 11) is 0. The number of nitrogens with one attached hydrogen (secondary N) is 1. The molecule has 1 aliphatic rings. The summed E-state index contributed by atoms with van der Waals surface area (Å²) in [6, 6.07) is 0.444. The van der Waals surface area contributed by atoms with E-state index in [1.54, 1.807) is 11.0 Å². The normalized spacial score (nSPS) is 18.8. The van der Waals surface area contributed by atoms with Crippen molar-refractivity contribution in [2.75, 3.05) is 23.3 Å². The first-order chi connectivity index (χ1) is 10.3. The largest absolute Gasteiger partial charge is 0.354 e. The van der Waals surface area contributed by atoms with E-state index in [-0.39, 0.29) is 0 Å². The van der Waals surface area contributed by atoms with Crippen molar-refractivity contribution >= 4 is 11.9 Å². The van der Waals surface area contributed by atoms with E-state index < -0.39 is 0 Å². The standard InChI is InChI=1S/C13H20N8/c1-3-15-11-17-12(20-7-5-4-6-10(20)2)19-13(18-11)21-9-14-8-16-21/h8-10H,3-7H2,1-2H3,(H,15,17,18,19). The third-order valence-electron chi connectivity index (χ3n) is 3.63. The van der Waals surface area contributed by atoms with Crippen LogP contribution in [-0.2, 0) is 0 Å². The monoisotopic (exact) mass is 288 g/mol. The molecule has 0 aromatic carbocycles. The van der Waals surface area contributed by atoms with Crippen LogP contribution in [0.3, 0.4) is 0 Å². The molecule has 0 spiro atoms. The smallest absolute Gasteiger partial charge is 0.258 e. The second kappa shape index (κ2) is 6.02. The summed E-state index contributed by atoms with van der Waals surface area (Å²) in [6.45, 7) is 5.97. The van der Waals surface area contributed by atoms with E-state index >= 15 is 0 Å². The number of hydrogen-bond acceptors (Lipinski definition) is 7. The highest BCUT2D eigenvalue weighted by atomic mass is 15.4. The molecule has 0 bridgehead atoms. The van der Waals surface area contributed by atoms with Crippen molar-refractivity contribution < 1.29 is 0 Å². The van der Waals surface area contributed by atoms with E-state index in [2.05, 4.69) is 42.2 Å². The fraction of sp³-hybridized carbons (Fsp3) is 0.615. The van der Waals surface area contributed by atoms with Crippen molar-refractivity contribution in [3.8, 4) is 5.95 Å². The van der Waals surface area contributed by atoms with Crippen LogP contribution >= 0.6 is 0 Å². The van der Waals surface area contributed by atoms with Gasteiger partial charge in [-0.1, -0.05) is 0 Å². The molecule has 8 nitrogen and oxygen atoms in total. The SMILES string of the molecule is CCNc1nc(N2CCCCC2C)nc(-n2cncn2)n1. The molecule has 0 aliphatic carbocycles. The summed E-state index contributed by atoms with van der Waals surface area (Å²) < 4.78 is 1.56. The van der Waals surface area contributed by atoms with E-state index in [0.717, 1.165) is 13.1 Å². The Hall–Kier alpha value is -2.25. The molecular weight excluding hydrogens is 268 g/mol. The van der Waals surface area contributed by atoms with E-state index in [9.17, 15) is 0 Å². The first-order valence-electron chi connectivity index (χ1n) is 7.39. The van der Waals surface area contributed by atoms with Crippen LogP contribution in [0, 0.1) is 0 Å². The number of hydrogen-bond donors (Lipinski definition) is 1. The molecule has 21 heavy (non-hydrogen) atoms. The highest BCUT2D eigenvalue weighted by molar-refractivity contribution is 5.41. The Morgan fingerprint density at radius 3 is 2.81 bits per heavy atom. The topological polar surface area (TPSA) is 84.7 Å². The molecule has 8 heteroatoms. The van der Waals surface area contributed by atoms with E-state index in [0.29, 0.717) is 23.9 Å². The van der Waals surface area contributed by atoms with Crippen molar-refractivity contribution in [3.05, 3.63) is 12.7 Å². The molecule has 0 radical (unpaired) electrons. The molecule has 112 valence electrons. The van der Waals surface area contributed by atoms with Crippen LogP contribution in [0.5, 0.6) is 0 Å². The molecular formula is C13H20N8. The van der Waals surface area contributed by atoms with Crippen LogP contribution in [0.4, 0.5) is 11.9 Å². The minimum atomic E-state index is 0.444. The molecule has 1 fully saturated rings. The van der Waals surface area contributed by atoms with Gasteiger partial charge in [0.1, 0.15) is 12.7 Å². The van der Waals surface area contributed by atoms with Crippen LogP contribution in [-0.4, -0.2) is 48.8 Å². The van der Waals surface area contributed by atoms with Gasteiger partial charge in [-0.25, -0.2) is 4.98 Å². The predicted molar refractivity (Wildman–Crippen MR) is 79.6 cm³/mol. The zero-order valence-electron chi connectivity index (χ0n) is 12.4. The van der Waals surface area contributed by atoms with Gasteiger partial charge in [0.15, 0.2) is 0 Å². The lowest BCUT2D eigenvalue weighted by molar-refractivity contribution is 0.476. The van der Waals surface area contributed by atoms with Crippen molar-refractivity contribution in [2.24, 2.45) is 0 Å². The predicted octanol–water partition coefficient (Wildman–Crippen LogP) is 1.26. The summed E-state index contributed by atoms with van der Waals surface area (Å²) in [5, 5.41) is 7.25. The van der Waals surface area contributed by atoms with Gasteiger partial charge in [-0.05, 0) is 33.1 Å². The molecule has 1 aliphatic heterocycles. The Kier molecular flexibility index (Phi) is 3.94. The van der Waals surface area contributed by atoms with Crippen LogP contribution in [0.15, 0.2) is 12.7 Å². The summed E-state index contributed by atoms with van der Waals surface area (Å²) in [5.74, 6) is 1.77. The minimum absolute atomic E-state index is 0.444. The molecule has 3 heterocycles. The fourth-order valence-corrected chi connectivity index (χ4v) is 2.53. The Bertz CT molecular complexity index is 582. The third kappa shape index (κ3) is 2.93. The zero-order chi connectivity index (χ0) is 14.7. The van der Waals surface area contributed by atoms with Gasteiger partial charge in [0, 0.05) is 19.1 Å². The number of nitrogens with zero attached hydrogens (tertiary/aromatic N) is 7. The number of rotatable bonds is 4. The maximum absolute atomic E-state index is 4.56. The average Bonchev–Trinajstić information content (AvgIpc) is 3.02. The Balaban J connectivity index is 1.98. The Morgan fingerprint density at radius 1 is 1.24 bits per heavy atom. The highest BCUT2D eigenvalue weighted by Crippen LogP contribution is 2.22. The van der Waals surface area contributed by atoms with Gasteiger partial charge in [-0.2, -0.15) is 24.7 Å². The zero-order valence-corrected chi connectivity index (χ0v) is 12.4. The molecule has 3 rings (SSSR count). The lowest BCUT2D eigenvalue weighted by Crippen LogP contribution is -2.39. The second-order valence-corrected chi connectivity index (χ2v) is 5.17. The van der Waals surface area contributed by atoms with E-state index in [1.807, 2.05) is 6.92 Å². The highest BCUT2D eigenvalue weighted by Gasteiger charge is 2.22. The van der Waals surface area contributed by atoms with Crippen LogP contribution < -0.4 is 10.2 Å². The lowest BCUT2D eigenvalue weighted by atomic mass is 10.0. The lowest BCUT2D eigenvalue weighted by Gasteiger charge is -2.33. The Labute approximate surface area is 123 Å². The fourth-order valence-electron chi connectivity index (χ4n) is 2.53. The third-order valence-corrected chi connectivity index (χ3v) is 3.63. The molecule has 0 amide bonds. The molecule has 1 N–H and O–H groups in total. The van der Waals surface area contributed by atoms with Crippen molar-refractivity contribution in [2.45, 2.75) is 39.2 Å². The van der Waals surface area contributed by atoms with Gasteiger partial charge < -0.3 is 10.2 Å². The molecule has 1 atom stereocenters. The summed E-state index contributed by atoms with van der Waals surface area (Å²) in [6.07, 6.45) is 6.67. The van der Waals surface area contributed by atoms with Gasteiger partial charge >= 0.3 is 0 Å². The van der Waals surface area contributed by atoms with Gasteiger partial charge in [0.05, 0.1) is 0 Å². The number of piperidine rings is 1. The quantitative estimate of drug-likeness (QED) is 0.906. The molecule has 1 unspecified atom stereocenters. The second-order valence-electron chi connectivity index (χ2n) is 5.17. The van der Waals surface area contributed by atoms with Crippen LogP contribution in [0.2, 0.25) is 0 Å². The number of aromatic nitrogens is 6. The summed E-state index contributed by atoms with van der Waals surface area (Å²) >= 11 is 0. The van der Waals surface area contributed by atoms with Gasteiger partial charge in [-0.15, -0.1) is 0 Å². The van der Waals surface area contributed by atoms with Crippen LogP contribution in [0.1, 0.15) is 33.1 Å². The summed E-state index contributed by atoms with van der Waals surface area (Å²) in [5.41, 5.74) is 0. The van der Waals surface area contributed by atoms with E-state index in [4.69, 9.17) is 0 Å². The van der Waals surface area contributed by atoms with Crippen molar-refractivity contribution in [3.63, 3.8) is 0 Å². The summed E-state index contributed by atoms with van der Waals surface area (Å²) in [4.78, 5) is 19.7. The molecule has 2 aromatic heterocycles. The molecule has 1 saturated heterocycles. The molecule has 2 aromatic rings. The van der Waals surface area contributed by atoms with Gasteiger partial charge in [-0.3, -0.25) is 0 Å². The van der Waals surface area contributed by atoms with E-state index in [1.165, 1.54) is 25.6 Å². The average molecular weight is 288 g/mol. The van der Waals surface area contributed by atoms with Crippen molar-refractivity contribution in [1.82, 2.24) is 29.7 Å². The maximum atomic E-state index is 4.56. The Morgan fingerprint density at radius 2 is 2.10 bits per heavy atom. The first kappa shape index (κ1) is 13.7. The molecule has 0 saturated carbocycles. The van der Waals surface area contributed by atoms with Gasteiger partial charge in [0.2, 0.25) is 11.9 Å². The first-order valence-corrected chi connectivity index (χ1v) is 7.39. The number of anilines is 2. The minimum Gasteiger partial charge on any atom is -0.354 e. The van der Waals surface area contributed by atoms with Crippen LogP contribution in [0.25, 0.3) is 5.95 Å². The van der Waals surface area contributed by atoms with Crippen molar-refractivity contribution in [1.29, 1.82) is 0 Å². The maximum Gasteiger partial charge on any atom is 0.258 e.